The van der Waals surface area contributed by atoms with Crippen molar-refractivity contribution in [3.8, 4) is 0 Å². The summed E-state index contributed by atoms with van der Waals surface area (Å²) in [4.78, 5) is 10.7. The van der Waals surface area contributed by atoms with Gasteiger partial charge in [0.2, 0.25) is 0 Å². The highest BCUT2D eigenvalue weighted by atomic mass is 35.5. The minimum Gasteiger partial charge on any atom is -0.481 e. The third-order valence-corrected chi connectivity index (χ3v) is 6.13. The standard InChI is InChI=1S/C15H13ClN4O4S2/c1-9-11(16)3-2-4-14(9)26(23,24)19-10-5-6-12-13(7-10)18-20(17-12)25-8-15(21)22/h2-7,19H,8H2,1H3,(H,21,22). The number of halogens is 1. The number of nitrogens with zero attached hydrogens (tertiary/aromatic N) is 3. The predicted octanol–water partition coefficient (Wildman–Crippen LogP) is 2.77. The van der Waals surface area contributed by atoms with Crippen LogP contribution in [0.25, 0.3) is 11.0 Å². The Hall–Kier alpha value is -2.30. The maximum atomic E-state index is 12.6. The lowest BCUT2D eigenvalue weighted by atomic mass is 10.2. The Morgan fingerprint density at radius 2 is 2.00 bits per heavy atom. The molecule has 0 saturated heterocycles. The quantitative estimate of drug-likeness (QED) is 0.639. The van der Waals surface area contributed by atoms with Gasteiger partial charge in [-0.25, -0.2) is 8.42 Å². The summed E-state index contributed by atoms with van der Waals surface area (Å²) in [5.74, 6) is -1.17. The summed E-state index contributed by atoms with van der Waals surface area (Å²) in [7, 11) is -3.82. The smallest absolute Gasteiger partial charge is 0.315 e. The Balaban J connectivity index is 1.88. The average Bonchev–Trinajstić information content (AvgIpc) is 2.97. The van der Waals surface area contributed by atoms with Crippen molar-refractivity contribution in [3.05, 3.63) is 47.0 Å². The van der Waals surface area contributed by atoms with Gasteiger partial charge in [0, 0.05) is 17.0 Å². The number of fused-ring (bicyclic) bond motifs is 1. The summed E-state index contributed by atoms with van der Waals surface area (Å²) in [6.07, 6.45) is 0. The van der Waals surface area contributed by atoms with Crippen molar-refractivity contribution in [1.82, 2.24) is 14.4 Å². The second-order valence-electron chi connectivity index (χ2n) is 5.29. The van der Waals surface area contributed by atoms with Crippen LogP contribution in [0.3, 0.4) is 0 Å². The fourth-order valence-corrected chi connectivity index (χ4v) is 4.28. The third kappa shape index (κ3) is 3.92. The Morgan fingerprint density at radius 1 is 1.27 bits per heavy atom. The van der Waals surface area contributed by atoms with E-state index in [2.05, 4.69) is 14.9 Å². The lowest BCUT2D eigenvalue weighted by molar-refractivity contribution is -0.133. The van der Waals surface area contributed by atoms with Gasteiger partial charge < -0.3 is 5.11 Å². The van der Waals surface area contributed by atoms with Crippen LogP contribution in [0.1, 0.15) is 5.56 Å². The molecule has 0 amide bonds. The molecule has 3 rings (SSSR count). The van der Waals surface area contributed by atoms with Gasteiger partial charge in [-0.05, 0) is 42.8 Å². The van der Waals surface area contributed by atoms with E-state index >= 15 is 0 Å². The molecule has 0 aliphatic rings. The lowest BCUT2D eigenvalue weighted by Gasteiger charge is -2.11. The van der Waals surface area contributed by atoms with E-state index in [-0.39, 0.29) is 10.6 Å². The van der Waals surface area contributed by atoms with Crippen LogP contribution >= 0.6 is 23.5 Å². The van der Waals surface area contributed by atoms with Crippen LogP contribution in [-0.4, -0.2) is 39.6 Å². The highest BCUT2D eigenvalue weighted by Gasteiger charge is 2.18. The maximum Gasteiger partial charge on any atom is 0.315 e. The van der Waals surface area contributed by atoms with Gasteiger partial charge in [-0.1, -0.05) is 17.7 Å². The maximum absolute atomic E-state index is 12.6. The molecule has 1 heterocycles. The van der Waals surface area contributed by atoms with Crippen LogP contribution in [0.4, 0.5) is 5.69 Å². The molecule has 0 atom stereocenters. The van der Waals surface area contributed by atoms with E-state index in [1.54, 1.807) is 31.2 Å². The van der Waals surface area contributed by atoms with Crippen LogP contribution in [0.5, 0.6) is 0 Å². The van der Waals surface area contributed by atoms with Crippen LogP contribution in [0.2, 0.25) is 5.02 Å². The monoisotopic (exact) mass is 412 g/mol. The molecule has 0 radical (unpaired) electrons. The van der Waals surface area contributed by atoms with E-state index in [1.807, 2.05) is 0 Å². The fraction of sp³-hybridized carbons (Fsp3) is 0.133. The zero-order valence-corrected chi connectivity index (χ0v) is 15.8. The number of hydrogen-bond acceptors (Lipinski definition) is 6. The number of benzene rings is 2. The highest BCUT2D eigenvalue weighted by Crippen LogP contribution is 2.26. The van der Waals surface area contributed by atoms with Gasteiger partial charge in [0.05, 0.1) is 10.6 Å². The van der Waals surface area contributed by atoms with Crippen molar-refractivity contribution in [2.45, 2.75) is 11.8 Å². The van der Waals surface area contributed by atoms with E-state index < -0.39 is 16.0 Å². The first kappa shape index (κ1) is 18.5. The van der Waals surface area contributed by atoms with Gasteiger partial charge >= 0.3 is 5.97 Å². The van der Waals surface area contributed by atoms with E-state index in [4.69, 9.17) is 16.7 Å². The number of carboxylic acids is 1. The first-order valence-corrected chi connectivity index (χ1v) is 10.1. The molecule has 11 heteroatoms. The predicted molar refractivity (Wildman–Crippen MR) is 100 cm³/mol. The molecule has 3 aromatic rings. The minimum atomic E-state index is -3.82. The van der Waals surface area contributed by atoms with E-state index in [1.165, 1.54) is 16.3 Å². The molecule has 0 aliphatic carbocycles. The Bertz CT molecular complexity index is 1100. The summed E-state index contributed by atoms with van der Waals surface area (Å²) >= 11 is 6.91. The van der Waals surface area contributed by atoms with E-state index in [0.29, 0.717) is 27.3 Å². The molecule has 0 aliphatic heterocycles. The number of rotatable bonds is 6. The van der Waals surface area contributed by atoms with Crippen molar-refractivity contribution < 1.29 is 18.3 Å². The molecule has 2 N–H and O–H groups in total. The molecule has 26 heavy (non-hydrogen) atoms. The lowest BCUT2D eigenvalue weighted by Crippen LogP contribution is -2.14. The number of nitrogens with one attached hydrogen (secondary N) is 1. The summed E-state index contributed by atoms with van der Waals surface area (Å²) in [5.41, 5.74) is 1.72. The summed E-state index contributed by atoms with van der Waals surface area (Å²) in [6.45, 7) is 1.63. The molecular weight excluding hydrogens is 400 g/mol. The molecule has 136 valence electrons. The van der Waals surface area contributed by atoms with Crippen molar-refractivity contribution in [2.24, 2.45) is 0 Å². The fourth-order valence-electron chi connectivity index (χ4n) is 2.22. The molecule has 0 spiro atoms. The second kappa shape index (κ2) is 7.14. The molecule has 2 aromatic carbocycles. The van der Waals surface area contributed by atoms with E-state index in [0.717, 1.165) is 11.9 Å². The Morgan fingerprint density at radius 3 is 2.73 bits per heavy atom. The largest absolute Gasteiger partial charge is 0.481 e. The first-order chi connectivity index (χ1) is 12.3. The number of carboxylic acid groups (broad SMARTS) is 1. The van der Waals surface area contributed by atoms with Gasteiger partial charge in [-0.15, -0.1) is 14.4 Å². The number of anilines is 1. The number of hydrogen-bond donors (Lipinski definition) is 2. The zero-order valence-electron chi connectivity index (χ0n) is 13.4. The number of carbonyl (C=O) groups is 1. The minimum absolute atomic E-state index is 0.0887. The van der Waals surface area contributed by atoms with Crippen molar-refractivity contribution in [3.63, 3.8) is 0 Å². The van der Waals surface area contributed by atoms with Crippen molar-refractivity contribution >= 4 is 56.3 Å². The molecule has 1 aromatic heterocycles. The topological polar surface area (TPSA) is 114 Å². The molecule has 0 saturated carbocycles. The van der Waals surface area contributed by atoms with Crippen molar-refractivity contribution in [1.29, 1.82) is 0 Å². The Labute approximate surface area is 158 Å². The van der Waals surface area contributed by atoms with Gasteiger partial charge in [0.1, 0.15) is 16.8 Å². The number of aromatic nitrogens is 3. The second-order valence-corrected chi connectivity index (χ2v) is 8.22. The van der Waals surface area contributed by atoms with Crippen LogP contribution in [0, 0.1) is 6.92 Å². The zero-order chi connectivity index (χ0) is 18.9. The van der Waals surface area contributed by atoms with Gasteiger partial charge in [0.15, 0.2) is 0 Å². The number of sulfonamides is 1. The van der Waals surface area contributed by atoms with Gasteiger partial charge in [-0.3, -0.25) is 9.52 Å². The van der Waals surface area contributed by atoms with Crippen LogP contribution in [-0.2, 0) is 14.8 Å². The van der Waals surface area contributed by atoms with E-state index in [9.17, 15) is 13.2 Å². The van der Waals surface area contributed by atoms with Crippen molar-refractivity contribution in [2.75, 3.05) is 10.5 Å². The normalized spacial score (nSPS) is 11.6. The molecule has 8 nitrogen and oxygen atoms in total. The Kier molecular flexibility index (Phi) is 5.08. The summed E-state index contributed by atoms with van der Waals surface area (Å²) in [5, 5.41) is 17.3. The average molecular weight is 413 g/mol. The van der Waals surface area contributed by atoms with Crippen LogP contribution in [0.15, 0.2) is 41.3 Å². The molecule has 0 fully saturated rings. The van der Waals surface area contributed by atoms with Gasteiger partial charge in [0.25, 0.3) is 10.0 Å². The molecule has 0 bridgehead atoms. The highest BCUT2D eigenvalue weighted by molar-refractivity contribution is 7.98. The first-order valence-electron chi connectivity index (χ1n) is 7.26. The van der Waals surface area contributed by atoms with Crippen LogP contribution < -0.4 is 4.72 Å². The summed E-state index contributed by atoms with van der Waals surface area (Å²) < 4.78 is 28.9. The summed E-state index contributed by atoms with van der Waals surface area (Å²) in [6, 6.07) is 9.34. The molecular formula is C15H13ClN4O4S2. The van der Waals surface area contributed by atoms with Gasteiger partial charge in [-0.2, -0.15) is 0 Å². The third-order valence-electron chi connectivity index (χ3n) is 3.43. The SMILES string of the molecule is Cc1c(Cl)cccc1S(=O)(=O)Nc1ccc2nn(SCC(=O)O)nc2c1. The molecule has 0 unspecified atom stereocenters. The number of aliphatic carboxylic acids is 1.